The van der Waals surface area contributed by atoms with Gasteiger partial charge in [-0.05, 0) is 59.3 Å². The van der Waals surface area contributed by atoms with Gasteiger partial charge in [0.15, 0.2) is 5.78 Å². The van der Waals surface area contributed by atoms with Crippen molar-refractivity contribution in [1.29, 1.82) is 0 Å². The van der Waals surface area contributed by atoms with Crippen LogP contribution in [0.15, 0.2) is 84.7 Å². The Morgan fingerprint density at radius 1 is 0.778 bits per heavy atom. The van der Waals surface area contributed by atoms with Gasteiger partial charge in [0.1, 0.15) is 5.76 Å². The molecule has 0 fully saturated rings. The molecule has 2 aromatic heterocycles. The monoisotopic (exact) mass is 388 g/mol. The number of fused-ring (bicyclic) bond motifs is 2. The van der Waals surface area contributed by atoms with Crippen LogP contribution in [0.2, 0.25) is 0 Å². The van der Waals surface area contributed by atoms with Gasteiger partial charge < -0.3 is 5.11 Å². The molecule has 2 nitrogen and oxygen atoms in total. The predicted molar refractivity (Wildman–Crippen MR) is 117 cm³/mol. The summed E-state index contributed by atoms with van der Waals surface area (Å²) in [5.41, 5.74) is 0. The molecule has 4 heteroatoms. The van der Waals surface area contributed by atoms with Gasteiger partial charge in [-0.15, -0.1) is 22.7 Å². The number of aliphatic hydroxyl groups excluding tert-OH is 1. The Morgan fingerprint density at radius 2 is 1.30 bits per heavy atom. The first-order chi connectivity index (χ1) is 13.2. The highest BCUT2D eigenvalue weighted by atomic mass is 32.1. The van der Waals surface area contributed by atoms with Crippen molar-refractivity contribution in [2.75, 3.05) is 0 Å². The Balaban J connectivity index is 1.44. The van der Waals surface area contributed by atoms with Crippen LogP contribution in [0.1, 0.15) is 9.75 Å². The highest BCUT2D eigenvalue weighted by Crippen LogP contribution is 2.27. The van der Waals surface area contributed by atoms with Gasteiger partial charge in [0.2, 0.25) is 0 Å². The molecular weight excluding hydrogens is 372 g/mol. The lowest BCUT2D eigenvalue weighted by molar-refractivity contribution is -0.110. The molecule has 2 heterocycles. The molecule has 0 saturated heterocycles. The highest BCUT2D eigenvalue weighted by Gasteiger charge is 2.00. The van der Waals surface area contributed by atoms with Crippen molar-refractivity contribution in [2.24, 2.45) is 0 Å². The number of benzene rings is 2. The maximum Gasteiger partial charge on any atom is 0.182 e. The van der Waals surface area contributed by atoms with E-state index in [0.717, 1.165) is 9.75 Å². The summed E-state index contributed by atoms with van der Waals surface area (Å²) in [6.45, 7) is 0. The lowest BCUT2D eigenvalue weighted by Gasteiger charge is -1.89. The minimum Gasteiger partial charge on any atom is -0.508 e. The highest BCUT2D eigenvalue weighted by molar-refractivity contribution is 7.20. The summed E-state index contributed by atoms with van der Waals surface area (Å²) < 4.78 is 2.39. The van der Waals surface area contributed by atoms with Gasteiger partial charge in [-0.2, -0.15) is 0 Å². The van der Waals surface area contributed by atoms with Gasteiger partial charge in [0, 0.05) is 25.2 Å². The first kappa shape index (κ1) is 17.5. The lowest BCUT2D eigenvalue weighted by atomic mass is 10.2. The van der Waals surface area contributed by atoms with Gasteiger partial charge >= 0.3 is 0 Å². The van der Waals surface area contributed by atoms with Gasteiger partial charge in [-0.1, -0.05) is 36.4 Å². The average Bonchev–Trinajstić information content (AvgIpc) is 3.27. The van der Waals surface area contributed by atoms with Crippen molar-refractivity contribution in [1.82, 2.24) is 0 Å². The van der Waals surface area contributed by atoms with Crippen LogP contribution in [0.4, 0.5) is 0 Å². The fraction of sp³-hybridized carbons (Fsp3) is 0. The number of carbonyl (C=O) groups excluding carboxylic acids is 1. The number of thiophene rings is 2. The van der Waals surface area contributed by atoms with Crippen molar-refractivity contribution in [3.63, 3.8) is 0 Å². The lowest BCUT2D eigenvalue weighted by Crippen LogP contribution is -1.88. The van der Waals surface area contributed by atoms with E-state index in [9.17, 15) is 9.90 Å². The fourth-order valence-electron chi connectivity index (χ4n) is 2.74. The first-order valence-corrected chi connectivity index (χ1v) is 10.1. The molecular formula is C23H16O2S2. The van der Waals surface area contributed by atoms with E-state index >= 15 is 0 Å². The van der Waals surface area contributed by atoms with Crippen LogP contribution in [0.25, 0.3) is 32.3 Å². The predicted octanol–water partition coefficient (Wildman–Crippen LogP) is 6.85. The van der Waals surface area contributed by atoms with E-state index in [4.69, 9.17) is 0 Å². The van der Waals surface area contributed by atoms with Gasteiger partial charge in [-0.25, -0.2) is 0 Å². The second-order valence-corrected chi connectivity index (χ2v) is 8.24. The molecule has 0 bridgehead atoms. The molecule has 4 rings (SSSR count). The molecule has 0 aliphatic carbocycles. The third-order valence-corrected chi connectivity index (χ3v) is 6.17. The molecule has 0 unspecified atom stereocenters. The van der Waals surface area contributed by atoms with E-state index in [1.807, 2.05) is 30.3 Å². The number of carbonyl (C=O) groups is 1. The maximum atomic E-state index is 12.0. The molecule has 0 atom stereocenters. The zero-order chi connectivity index (χ0) is 18.6. The van der Waals surface area contributed by atoms with Crippen LogP contribution in [0.5, 0.6) is 0 Å². The summed E-state index contributed by atoms with van der Waals surface area (Å²) in [6, 6.07) is 20.3. The van der Waals surface area contributed by atoms with E-state index < -0.39 is 0 Å². The third kappa shape index (κ3) is 4.25. The summed E-state index contributed by atoms with van der Waals surface area (Å²) >= 11 is 3.28. The number of hydrogen-bond acceptors (Lipinski definition) is 4. The summed E-state index contributed by atoms with van der Waals surface area (Å²) in [6.07, 6.45) is 7.86. The van der Waals surface area contributed by atoms with E-state index in [2.05, 4.69) is 36.4 Å². The molecule has 0 aliphatic rings. The van der Waals surface area contributed by atoms with Crippen molar-refractivity contribution in [3.05, 3.63) is 94.4 Å². The molecule has 0 spiro atoms. The molecule has 2 aromatic carbocycles. The Bertz CT molecular complexity index is 1140. The van der Waals surface area contributed by atoms with E-state index in [1.54, 1.807) is 34.8 Å². The average molecular weight is 389 g/mol. The Kier molecular flexibility index (Phi) is 5.01. The largest absolute Gasteiger partial charge is 0.508 e. The fourth-order valence-corrected chi connectivity index (χ4v) is 4.68. The van der Waals surface area contributed by atoms with Crippen molar-refractivity contribution in [2.45, 2.75) is 0 Å². The minimum atomic E-state index is -0.244. The number of ketones is 1. The van der Waals surface area contributed by atoms with Crippen molar-refractivity contribution in [3.8, 4) is 0 Å². The second kappa shape index (κ2) is 7.74. The van der Waals surface area contributed by atoms with Crippen LogP contribution in [0.3, 0.4) is 0 Å². The molecule has 1 N–H and O–H groups in total. The van der Waals surface area contributed by atoms with E-state index in [0.29, 0.717) is 0 Å². The summed E-state index contributed by atoms with van der Waals surface area (Å²) in [7, 11) is 0. The molecule has 0 amide bonds. The molecule has 4 aromatic rings. The van der Waals surface area contributed by atoms with Crippen LogP contribution in [-0.2, 0) is 4.79 Å². The topological polar surface area (TPSA) is 37.3 Å². The Labute approximate surface area is 165 Å². The summed E-state index contributed by atoms with van der Waals surface area (Å²) in [4.78, 5) is 14.1. The molecule has 132 valence electrons. The third-order valence-electron chi connectivity index (χ3n) is 4.01. The minimum absolute atomic E-state index is 0.0570. The van der Waals surface area contributed by atoms with Crippen LogP contribution in [0, 0.1) is 0 Å². The van der Waals surface area contributed by atoms with Crippen molar-refractivity contribution < 1.29 is 9.90 Å². The molecule has 0 saturated carbocycles. The summed E-state index contributed by atoms with van der Waals surface area (Å²) in [5.74, 6) is -0.301. The zero-order valence-electron chi connectivity index (χ0n) is 14.3. The van der Waals surface area contributed by atoms with Gasteiger partial charge in [0.25, 0.3) is 0 Å². The maximum absolute atomic E-state index is 12.0. The van der Waals surface area contributed by atoms with E-state index in [-0.39, 0.29) is 11.5 Å². The first-order valence-electron chi connectivity index (χ1n) is 8.45. The van der Waals surface area contributed by atoms with Crippen LogP contribution >= 0.6 is 22.7 Å². The Hall–Kier alpha value is -2.95. The van der Waals surface area contributed by atoms with Crippen LogP contribution in [-0.4, -0.2) is 10.9 Å². The van der Waals surface area contributed by atoms with Gasteiger partial charge in [-0.3, -0.25) is 4.79 Å². The number of allylic oxidation sites excluding steroid dienone is 3. The smallest absolute Gasteiger partial charge is 0.182 e. The normalized spacial score (nSPS) is 12.7. The summed E-state index contributed by atoms with van der Waals surface area (Å²) in [5, 5.41) is 12.3. The van der Waals surface area contributed by atoms with Crippen LogP contribution < -0.4 is 0 Å². The Morgan fingerprint density at radius 3 is 1.85 bits per heavy atom. The standard InChI is InChI=1S/C23H16O2S2/c24-18(9-11-20-13-16-5-1-3-7-22(16)26-20)15-19(25)10-12-21-14-17-6-2-4-8-23(17)27-21/h1-15,24H/b11-9+,12-10+,18-15?. The number of rotatable bonds is 5. The second-order valence-electron chi connectivity index (χ2n) is 6.01. The molecule has 27 heavy (non-hydrogen) atoms. The molecule has 0 aliphatic heterocycles. The zero-order valence-corrected chi connectivity index (χ0v) is 16.0. The SMILES string of the molecule is O=C(C=C(O)/C=C/c1cc2ccccc2s1)/C=C/c1cc2ccccc2s1. The van der Waals surface area contributed by atoms with Gasteiger partial charge in [0.05, 0.1) is 0 Å². The molecule has 0 radical (unpaired) electrons. The van der Waals surface area contributed by atoms with E-state index in [1.165, 1.54) is 32.3 Å². The quantitative estimate of drug-likeness (QED) is 0.230. The number of aliphatic hydroxyl groups is 1. The van der Waals surface area contributed by atoms with Crippen molar-refractivity contribution >= 4 is 60.8 Å². The number of hydrogen-bond donors (Lipinski definition) is 1.